The number of sulfonamides is 1. The van der Waals surface area contributed by atoms with E-state index >= 15 is 0 Å². The summed E-state index contributed by atoms with van der Waals surface area (Å²) in [5.41, 5.74) is 2.05. The standard InChI is InChI=1S/C23H29N3O5S/c1-4-22(27)24-18-8-7-16(2)21(14-18)25-23(28)17-6-5-13-26(15-17)32(29,30)20-11-9-19(31-3)10-12-20/h7-12,14,17H,4-6,13,15H2,1-3H3,(H,24,27)(H,25,28). The Balaban J connectivity index is 1.71. The van der Waals surface area contributed by atoms with Crippen molar-refractivity contribution in [2.24, 2.45) is 5.92 Å². The Kier molecular flexibility index (Phi) is 7.52. The molecule has 1 atom stereocenters. The van der Waals surface area contributed by atoms with Crippen LogP contribution in [0.25, 0.3) is 0 Å². The topological polar surface area (TPSA) is 105 Å². The van der Waals surface area contributed by atoms with Gasteiger partial charge in [-0.25, -0.2) is 8.42 Å². The number of ether oxygens (including phenoxy) is 1. The van der Waals surface area contributed by atoms with Crippen LogP contribution in [0.1, 0.15) is 31.7 Å². The maximum atomic E-state index is 13.1. The fourth-order valence-corrected chi connectivity index (χ4v) is 5.11. The number of anilines is 2. The molecular formula is C23H29N3O5S. The molecule has 0 saturated carbocycles. The first kappa shape index (κ1) is 23.7. The summed E-state index contributed by atoms with van der Waals surface area (Å²) in [5, 5.41) is 5.69. The molecule has 1 heterocycles. The van der Waals surface area contributed by atoms with E-state index in [-0.39, 0.29) is 23.3 Å². The Morgan fingerprint density at radius 2 is 1.84 bits per heavy atom. The third-order valence-corrected chi connectivity index (χ3v) is 7.43. The summed E-state index contributed by atoms with van der Waals surface area (Å²) >= 11 is 0. The van der Waals surface area contributed by atoms with E-state index in [1.807, 2.05) is 13.0 Å². The van der Waals surface area contributed by atoms with Crippen molar-refractivity contribution in [1.82, 2.24) is 4.31 Å². The third-order valence-electron chi connectivity index (χ3n) is 5.55. The summed E-state index contributed by atoms with van der Waals surface area (Å²) in [7, 11) is -2.19. The lowest BCUT2D eigenvalue weighted by molar-refractivity contribution is -0.121. The second-order valence-corrected chi connectivity index (χ2v) is 9.74. The summed E-state index contributed by atoms with van der Waals surface area (Å²) < 4.78 is 32.6. The first-order valence-corrected chi connectivity index (χ1v) is 12.0. The van der Waals surface area contributed by atoms with Crippen molar-refractivity contribution in [2.75, 3.05) is 30.8 Å². The third kappa shape index (κ3) is 5.46. The quantitative estimate of drug-likeness (QED) is 0.660. The first-order chi connectivity index (χ1) is 15.2. The number of hydrogen-bond acceptors (Lipinski definition) is 5. The van der Waals surface area contributed by atoms with Crippen molar-refractivity contribution < 1.29 is 22.7 Å². The summed E-state index contributed by atoms with van der Waals surface area (Å²) in [6, 6.07) is 11.6. The number of hydrogen-bond donors (Lipinski definition) is 2. The highest BCUT2D eigenvalue weighted by molar-refractivity contribution is 7.89. The van der Waals surface area contributed by atoms with Gasteiger partial charge in [-0.15, -0.1) is 0 Å². The van der Waals surface area contributed by atoms with Crippen molar-refractivity contribution in [3.63, 3.8) is 0 Å². The summed E-state index contributed by atoms with van der Waals surface area (Å²) in [5.74, 6) is -0.239. The fraction of sp³-hybridized carbons (Fsp3) is 0.391. The molecule has 0 bridgehead atoms. The van der Waals surface area contributed by atoms with E-state index in [0.717, 1.165) is 5.56 Å². The highest BCUT2D eigenvalue weighted by Gasteiger charge is 2.33. The predicted molar refractivity (Wildman–Crippen MR) is 123 cm³/mol. The zero-order valence-corrected chi connectivity index (χ0v) is 19.4. The summed E-state index contributed by atoms with van der Waals surface area (Å²) in [6.45, 7) is 4.12. The van der Waals surface area contributed by atoms with Crippen LogP contribution in [0.5, 0.6) is 5.75 Å². The second-order valence-electron chi connectivity index (χ2n) is 7.80. The molecule has 9 heteroatoms. The van der Waals surface area contributed by atoms with Crippen molar-refractivity contribution >= 4 is 33.2 Å². The van der Waals surface area contributed by atoms with E-state index in [1.54, 1.807) is 31.2 Å². The molecule has 3 rings (SSSR count). The van der Waals surface area contributed by atoms with E-state index in [0.29, 0.717) is 42.9 Å². The largest absolute Gasteiger partial charge is 0.497 e. The smallest absolute Gasteiger partial charge is 0.243 e. The molecule has 0 spiro atoms. The normalized spacial score (nSPS) is 16.9. The van der Waals surface area contributed by atoms with Gasteiger partial charge in [0.15, 0.2) is 0 Å². The fourth-order valence-electron chi connectivity index (χ4n) is 3.59. The number of methoxy groups -OCH3 is 1. The van der Waals surface area contributed by atoms with Crippen LogP contribution < -0.4 is 15.4 Å². The molecule has 2 aromatic rings. The predicted octanol–water partition coefficient (Wildman–Crippen LogP) is 3.39. The molecule has 0 radical (unpaired) electrons. The van der Waals surface area contributed by atoms with Gasteiger partial charge in [-0.3, -0.25) is 9.59 Å². The van der Waals surface area contributed by atoms with Gasteiger partial charge in [-0.2, -0.15) is 4.31 Å². The van der Waals surface area contributed by atoms with E-state index in [1.165, 1.54) is 23.5 Å². The number of carbonyl (C=O) groups is 2. The molecule has 0 aromatic heterocycles. The number of nitrogens with zero attached hydrogens (tertiary/aromatic N) is 1. The van der Waals surface area contributed by atoms with Gasteiger partial charge in [0.2, 0.25) is 21.8 Å². The molecule has 1 unspecified atom stereocenters. The van der Waals surface area contributed by atoms with E-state index in [2.05, 4.69) is 10.6 Å². The zero-order valence-electron chi connectivity index (χ0n) is 18.6. The van der Waals surface area contributed by atoms with Crippen LogP contribution in [-0.4, -0.2) is 44.7 Å². The highest BCUT2D eigenvalue weighted by Crippen LogP contribution is 2.27. The highest BCUT2D eigenvalue weighted by atomic mass is 32.2. The van der Waals surface area contributed by atoms with Crippen molar-refractivity contribution in [1.29, 1.82) is 0 Å². The van der Waals surface area contributed by atoms with Gasteiger partial charge in [0.1, 0.15) is 5.75 Å². The Morgan fingerprint density at radius 3 is 2.50 bits per heavy atom. The van der Waals surface area contributed by atoms with Gasteiger partial charge >= 0.3 is 0 Å². The molecule has 2 N–H and O–H groups in total. The molecule has 1 saturated heterocycles. The van der Waals surface area contributed by atoms with E-state index < -0.39 is 15.9 Å². The van der Waals surface area contributed by atoms with E-state index in [4.69, 9.17) is 4.74 Å². The molecule has 1 fully saturated rings. The Morgan fingerprint density at radius 1 is 1.12 bits per heavy atom. The number of piperidine rings is 1. The number of carbonyl (C=O) groups excluding carboxylic acids is 2. The molecule has 8 nitrogen and oxygen atoms in total. The summed E-state index contributed by atoms with van der Waals surface area (Å²) in [4.78, 5) is 24.8. The molecule has 0 aliphatic carbocycles. The SMILES string of the molecule is CCC(=O)Nc1ccc(C)c(NC(=O)C2CCCN(S(=O)(=O)c3ccc(OC)cc3)C2)c1. The maximum absolute atomic E-state index is 13.1. The lowest BCUT2D eigenvalue weighted by Crippen LogP contribution is -2.43. The number of nitrogens with one attached hydrogen (secondary N) is 2. The molecular weight excluding hydrogens is 430 g/mol. The second kappa shape index (κ2) is 10.1. The van der Waals surface area contributed by atoms with Crippen LogP contribution in [0.4, 0.5) is 11.4 Å². The average Bonchev–Trinajstić information content (AvgIpc) is 2.81. The summed E-state index contributed by atoms with van der Waals surface area (Å²) in [6.07, 6.45) is 1.56. The minimum Gasteiger partial charge on any atom is -0.497 e. The van der Waals surface area contributed by atoms with Crippen LogP contribution in [0.2, 0.25) is 0 Å². The van der Waals surface area contributed by atoms with E-state index in [9.17, 15) is 18.0 Å². The number of amides is 2. The average molecular weight is 460 g/mol. The van der Waals surface area contributed by atoms with Gasteiger partial charge in [0.25, 0.3) is 0 Å². The van der Waals surface area contributed by atoms with Crippen molar-refractivity contribution in [3.05, 3.63) is 48.0 Å². The van der Waals surface area contributed by atoms with Gasteiger partial charge in [0, 0.05) is 30.9 Å². The molecule has 2 aromatic carbocycles. The van der Waals surface area contributed by atoms with Crippen LogP contribution in [-0.2, 0) is 19.6 Å². The lowest BCUT2D eigenvalue weighted by atomic mass is 9.98. The molecule has 1 aliphatic heterocycles. The first-order valence-electron chi connectivity index (χ1n) is 10.6. The zero-order chi connectivity index (χ0) is 23.3. The van der Waals surface area contributed by atoms with Gasteiger partial charge in [0.05, 0.1) is 17.9 Å². The number of rotatable bonds is 7. The van der Waals surface area contributed by atoms with Crippen LogP contribution in [0.15, 0.2) is 47.4 Å². The van der Waals surface area contributed by atoms with Gasteiger partial charge < -0.3 is 15.4 Å². The van der Waals surface area contributed by atoms with Gasteiger partial charge in [-0.05, 0) is 61.7 Å². The number of benzene rings is 2. The molecule has 2 amide bonds. The lowest BCUT2D eigenvalue weighted by Gasteiger charge is -2.31. The van der Waals surface area contributed by atoms with Crippen LogP contribution in [0.3, 0.4) is 0 Å². The van der Waals surface area contributed by atoms with Gasteiger partial charge in [-0.1, -0.05) is 13.0 Å². The molecule has 1 aliphatic rings. The van der Waals surface area contributed by atoms with Crippen molar-refractivity contribution in [3.8, 4) is 5.75 Å². The molecule has 32 heavy (non-hydrogen) atoms. The maximum Gasteiger partial charge on any atom is 0.243 e. The Bertz CT molecular complexity index is 1080. The minimum atomic E-state index is -3.71. The number of aryl methyl sites for hydroxylation is 1. The Hall–Kier alpha value is -2.91. The Labute approximate surface area is 189 Å². The van der Waals surface area contributed by atoms with Crippen molar-refractivity contribution in [2.45, 2.75) is 38.0 Å². The monoisotopic (exact) mass is 459 g/mol. The van der Waals surface area contributed by atoms with Crippen LogP contribution in [0, 0.1) is 12.8 Å². The van der Waals surface area contributed by atoms with Crippen LogP contribution >= 0.6 is 0 Å². The minimum absolute atomic E-state index is 0.113. The molecule has 172 valence electrons.